The summed E-state index contributed by atoms with van der Waals surface area (Å²) in [5.41, 5.74) is 0.863. The van der Waals surface area contributed by atoms with Crippen LogP contribution in [0.4, 0.5) is 5.69 Å². The Balaban J connectivity index is 2.93. The molecule has 0 amide bonds. The van der Waals surface area contributed by atoms with Crippen LogP contribution in [0.15, 0.2) is 18.2 Å². The third-order valence-electron chi connectivity index (χ3n) is 2.41. The van der Waals surface area contributed by atoms with Gasteiger partial charge in [0.1, 0.15) is 0 Å². The molecule has 0 unspecified atom stereocenters. The Morgan fingerprint density at radius 2 is 2.00 bits per heavy atom. The maximum atomic E-state index is 11.1. The molecule has 106 valence electrons. The second-order valence-corrected chi connectivity index (χ2v) is 5.83. The molecule has 0 bridgehead atoms. The summed E-state index contributed by atoms with van der Waals surface area (Å²) in [6.07, 6.45) is -0.0859. The van der Waals surface area contributed by atoms with E-state index in [1.54, 1.807) is 12.1 Å². The van der Waals surface area contributed by atoms with Gasteiger partial charge in [-0.15, -0.1) is 0 Å². The molecule has 1 rings (SSSR count). The number of rotatable bonds is 5. The summed E-state index contributed by atoms with van der Waals surface area (Å²) in [5, 5.41) is 14.4. The first-order valence-corrected chi connectivity index (χ1v) is 6.38. The minimum atomic E-state index is -0.404. The highest BCUT2D eigenvalue weighted by Crippen LogP contribution is 2.29. The molecule has 0 aliphatic carbocycles. The first kappa shape index (κ1) is 15.4. The molecule has 0 saturated carbocycles. The van der Waals surface area contributed by atoms with Crippen LogP contribution in [0.25, 0.3) is 0 Å². The smallest absolute Gasteiger partial charge is 0.311 e. The molecule has 1 aromatic rings. The van der Waals surface area contributed by atoms with Crippen molar-refractivity contribution in [1.29, 1.82) is 0 Å². The summed E-state index contributed by atoms with van der Waals surface area (Å²) in [7, 11) is 0. The van der Waals surface area contributed by atoms with Crippen molar-refractivity contribution >= 4 is 5.69 Å². The monoisotopic (exact) mass is 266 g/mol. The van der Waals surface area contributed by atoms with Crippen LogP contribution in [0.3, 0.4) is 0 Å². The SMILES string of the molecule is CC(C)Oc1ccc(CNC(C)(C)C)cc1[N+](=O)[O-]. The molecule has 0 atom stereocenters. The lowest BCUT2D eigenvalue weighted by Gasteiger charge is -2.20. The average Bonchev–Trinajstić information content (AvgIpc) is 2.25. The quantitative estimate of drug-likeness (QED) is 0.656. The van der Waals surface area contributed by atoms with Gasteiger partial charge in [-0.05, 0) is 46.2 Å². The molecule has 1 N–H and O–H groups in total. The van der Waals surface area contributed by atoms with Crippen LogP contribution in [0, 0.1) is 10.1 Å². The molecule has 0 fully saturated rings. The molecule has 0 aliphatic rings. The van der Waals surface area contributed by atoms with E-state index in [4.69, 9.17) is 4.74 Å². The van der Waals surface area contributed by atoms with Crippen LogP contribution in [0.1, 0.15) is 40.2 Å². The molecule has 0 spiro atoms. The van der Waals surface area contributed by atoms with E-state index in [2.05, 4.69) is 26.1 Å². The number of nitrogens with one attached hydrogen (secondary N) is 1. The first-order valence-electron chi connectivity index (χ1n) is 6.38. The number of nitrogens with zero attached hydrogens (tertiary/aromatic N) is 1. The van der Waals surface area contributed by atoms with Crippen LogP contribution in [-0.4, -0.2) is 16.6 Å². The maximum Gasteiger partial charge on any atom is 0.311 e. The van der Waals surface area contributed by atoms with Gasteiger partial charge in [-0.2, -0.15) is 0 Å². The van der Waals surface area contributed by atoms with Gasteiger partial charge in [0.05, 0.1) is 11.0 Å². The number of nitro benzene ring substituents is 1. The topological polar surface area (TPSA) is 64.4 Å². The second-order valence-electron chi connectivity index (χ2n) is 5.83. The standard InChI is InChI=1S/C14H22N2O3/c1-10(2)19-13-7-6-11(8-12(13)16(17)18)9-15-14(3,4)5/h6-8,10,15H,9H2,1-5H3. The van der Waals surface area contributed by atoms with Gasteiger partial charge in [-0.3, -0.25) is 10.1 Å². The Morgan fingerprint density at radius 1 is 1.37 bits per heavy atom. The summed E-state index contributed by atoms with van der Waals surface area (Å²) in [5.74, 6) is 0.319. The molecule has 19 heavy (non-hydrogen) atoms. The van der Waals surface area contributed by atoms with E-state index in [0.29, 0.717) is 12.3 Å². The molecule has 5 nitrogen and oxygen atoms in total. The lowest BCUT2D eigenvalue weighted by Crippen LogP contribution is -2.35. The Labute approximate surface area is 114 Å². The van der Waals surface area contributed by atoms with Gasteiger partial charge >= 0.3 is 5.69 Å². The van der Waals surface area contributed by atoms with Gasteiger partial charge in [-0.25, -0.2) is 0 Å². The maximum absolute atomic E-state index is 11.1. The van der Waals surface area contributed by atoms with Gasteiger partial charge in [0.25, 0.3) is 0 Å². The van der Waals surface area contributed by atoms with Gasteiger partial charge in [0.2, 0.25) is 0 Å². The second kappa shape index (κ2) is 6.02. The van der Waals surface area contributed by atoms with Gasteiger partial charge in [0, 0.05) is 18.2 Å². The fraction of sp³-hybridized carbons (Fsp3) is 0.571. The zero-order chi connectivity index (χ0) is 14.6. The van der Waals surface area contributed by atoms with Crippen molar-refractivity contribution in [2.75, 3.05) is 0 Å². The fourth-order valence-corrected chi connectivity index (χ4v) is 1.54. The van der Waals surface area contributed by atoms with Gasteiger partial charge in [-0.1, -0.05) is 6.07 Å². The van der Waals surface area contributed by atoms with E-state index in [-0.39, 0.29) is 17.3 Å². The van der Waals surface area contributed by atoms with Crippen LogP contribution < -0.4 is 10.1 Å². The molecule has 1 aromatic carbocycles. The predicted octanol–water partition coefficient (Wildman–Crippen LogP) is 3.27. The van der Waals surface area contributed by atoms with Crippen molar-refractivity contribution in [3.8, 4) is 5.75 Å². The average molecular weight is 266 g/mol. The van der Waals surface area contributed by atoms with E-state index in [0.717, 1.165) is 5.56 Å². The Morgan fingerprint density at radius 3 is 2.47 bits per heavy atom. The number of nitro groups is 1. The lowest BCUT2D eigenvalue weighted by atomic mass is 10.1. The van der Waals surface area contributed by atoms with E-state index < -0.39 is 4.92 Å². The molecule has 0 heterocycles. The Bertz CT molecular complexity index is 450. The zero-order valence-corrected chi connectivity index (χ0v) is 12.2. The van der Waals surface area contributed by atoms with Crippen LogP contribution in [0.2, 0.25) is 0 Å². The normalized spacial score (nSPS) is 11.7. The molecule has 5 heteroatoms. The molecule has 0 saturated heterocycles. The number of benzene rings is 1. The summed E-state index contributed by atoms with van der Waals surface area (Å²) in [4.78, 5) is 10.7. The van der Waals surface area contributed by atoms with Crippen LogP contribution in [-0.2, 0) is 6.54 Å². The lowest BCUT2D eigenvalue weighted by molar-refractivity contribution is -0.386. The largest absolute Gasteiger partial charge is 0.484 e. The Kier molecular flexibility index (Phi) is 4.89. The molecular weight excluding hydrogens is 244 g/mol. The fourth-order valence-electron chi connectivity index (χ4n) is 1.54. The van der Waals surface area contributed by atoms with Crippen LogP contribution in [0.5, 0.6) is 5.75 Å². The van der Waals surface area contributed by atoms with Crippen molar-refractivity contribution in [3.63, 3.8) is 0 Å². The highest BCUT2D eigenvalue weighted by atomic mass is 16.6. The number of ether oxygens (including phenoxy) is 1. The molecule has 0 aliphatic heterocycles. The minimum Gasteiger partial charge on any atom is -0.484 e. The number of hydrogen-bond donors (Lipinski definition) is 1. The highest BCUT2D eigenvalue weighted by Gasteiger charge is 2.17. The van der Waals surface area contributed by atoms with Crippen LogP contribution >= 0.6 is 0 Å². The molecule has 0 aromatic heterocycles. The summed E-state index contributed by atoms with van der Waals surface area (Å²) in [6.45, 7) is 10.4. The summed E-state index contributed by atoms with van der Waals surface area (Å²) < 4.78 is 5.44. The Hall–Kier alpha value is -1.62. The van der Waals surface area contributed by atoms with Crippen molar-refractivity contribution in [2.24, 2.45) is 0 Å². The third-order valence-corrected chi connectivity index (χ3v) is 2.41. The van der Waals surface area contributed by atoms with Gasteiger partial charge in [0.15, 0.2) is 5.75 Å². The van der Waals surface area contributed by atoms with E-state index in [1.807, 2.05) is 19.9 Å². The van der Waals surface area contributed by atoms with Crippen molar-refractivity contribution < 1.29 is 9.66 Å². The minimum absolute atomic E-state index is 0.0157. The highest BCUT2D eigenvalue weighted by molar-refractivity contribution is 5.48. The summed E-state index contributed by atoms with van der Waals surface area (Å²) >= 11 is 0. The van der Waals surface area contributed by atoms with E-state index in [1.165, 1.54) is 0 Å². The van der Waals surface area contributed by atoms with Crippen molar-refractivity contribution in [3.05, 3.63) is 33.9 Å². The predicted molar refractivity (Wildman–Crippen MR) is 75.5 cm³/mol. The first-order chi connectivity index (χ1) is 8.69. The molecular formula is C14H22N2O3. The van der Waals surface area contributed by atoms with Gasteiger partial charge < -0.3 is 10.1 Å². The van der Waals surface area contributed by atoms with E-state index >= 15 is 0 Å². The zero-order valence-electron chi connectivity index (χ0n) is 12.2. The third kappa shape index (κ3) is 5.26. The molecule has 0 radical (unpaired) electrons. The number of hydrogen-bond acceptors (Lipinski definition) is 4. The van der Waals surface area contributed by atoms with Crippen molar-refractivity contribution in [1.82, 2.24) is 5.32 Å². The van der Waals surface area contributed by atoms with Crippen molar-refractivity contribution in [2.45, 2.75) is 52.8 Å². The van der Waals surface area contributed by atoms with E-state index in [9.17, 15) is 10.1 Å². The summed E-state index contributed by atoms with van der Waals surface area (Å²) in [6, 6.07) is 5.08.